The van der Waals surface area contributed by atoms with E-state index in [1.165, 1.54) is 0 Å². The third kappa shape index (κ3) is 3.95. The largest absolute Gasteiger partial charge is 0.394 e. The normalized spacial score (nSPS) is 41.1. The average Bonchev–Trinajstić information content (AvgIpc) is 2.20. The SMILES string of the molecule is CC(=O)C1(O)O[C@H](CO)[C@@H](O)[C@H](O)[C@H]1N.[Na].[Na]. The van der Waals surface area contributed by atoms with Crippen LogP contribution in [0.25, 0.3) is 0 Å². The smallest absolute Gasteiger partial charge is 0.244 e. The summed E-state index contributed by atoms with van der Waals surface area (Å²) in [5.74, 6) is -3.16. The number of ketones is 1. The van der Waals surface area contributed by atoms with E-state index in [0.717, 1.165) is 6.92 Å². The van der Waals surface area contributed by atoms with Crippen molar-refractivity contribution in [2.75, 3.05) is 6.61 Å². The zero-order valence-electron chi connectivity index (χ0n) is 10.2. The third-order valence-corrected chi connectivity index (χ3v) is 2.57. The van der Waals surface area contributed by atoms with Gasteiger partial charge in [-0.25, -0.2) is 0 Å². The van der Waals surface area contributed by atoms with Gasteiger partial charge in [-0.3, -0.25) is 4.79 Å². The zero-order chi connectivity index (χ0) is 11.8. The summed E-state index contributed by atoms with van der Waals surface area (Å²) >= 11 is 0. The van der Waals surface area contributed by atoms with E-state index in [9.17, 15) is 20.1 Å². The van der Waals surface area contributed by atoms with Crippen molar-refractivity contribution in [2.45, 2.75) is 37.1 Å². The first-order valence-corrected chi connectivity index (χ1v) is 4.48. The van der Waals surface area contributed by atoms with Crippen LogP contribution in [0, 0.1) is 0 Å². The van der Waals surface area contributed by atoms with Gasteiger partial charge in [-0.2, -0.15) is 0 Å². The molecule has 0 aliphatic carbocycles. The third-order valence-electron chi connectivity index (χ3n) is 2.57. The van der Waals surface area contributed by atoms with Crippen LogP contribution < -0.4 is 5.73 Å². The van der Waals surface area contributed by atoms with Crippen LogP contribution in [0.15, 0.2) is 0 Å². The molecule has 0 saturated carbocycles. The molecule has 1 aliphatic rings. The topological polar surface area (TPSA) is 133 Å². The van der Waals surface area contributed by atoms with E-state index in [1.54, 1.807) is 0 Å². The summed E-state index contributed by atoms with van der Waals surface area (Å²) in [6, 6.07) is -1.45. The fraction of sp³-hybridized carbons (Fsp3) is 0.875. The van der Waals surface area contributed by atoms with Gasteiger partial charge in [0.25, 0.3) is 0 Å². The molecule has 7 nitrogen and oxygen atoms in total. The Bertz CT molecular complexity index is 266. The van der Waals surface area contributed by atoms with Crippen molar-refractivity contribution in [3.63, 3.8) is 0 Å². The van der Waals surface area contributed by atoms with Crippen molar-refractivity contribution in [1.82, 2.24) is 0 Å². The maximum absolute atomic E-state index is 11.1. The molecule has 0 bridgehead atoms. The van der Waals surface area contributed by atoms with Gasteiger partial charge < -0.3 is 30.9 Å². The van der Waals surface area contributed by atoms with Crippen LogP contribution >= 0.6 is 0 Å². The standard InChI is InChI=1S/C8H15NO6.2Na/c1-3(11)8(14)7(9)6(13)5(12)4(2-10)15-8;;/h4-7,10,12-14H,2,9H2,1H3;;/t4-,5-,6+,7-,8?;;/m1../s1. The van der Waals surface area contributed by atoms with Crippen molar-refractivity contribution < 1.29 is 30.0 Å². The van der Waals surface area contributed by atoms with Crippen LogP contribution in [0.5, 0.6) is 0 Å². The Morgan fingerprint density at radius 3 is 2.18 bits per heavy atom. The van der Waals surface area contributed by atoms with E-state index in [0.29, 0.717) is 0 Å². The van der Waals surface area contributed by atoms with E-state index < -0.39 is 42.5 Å². The maximum atomic E-state index is 11.1. The summed E-state index contributed by atoms with van der Waals surface area (Å²) in [5.41, 5.74) is 5.38. The number of carbonyl (C=O) groups is 1. The molecule has 0 aromatic carbocycles. The van der Waals surface area contributed by atoms with Crippen molar-refractivity contribution in [2.24, 2.45) is 5.73 Å². The minimum Gasteiger partial charge on any atom is -0.394 e. The number of Topliss-reactive ketones (excluding diaryl/α,β-unsaturated/α-hetero) is 1. The number of rotatable bonds is 2. The number of aliphatic hydroxyl groups excluding tert-OH is 3. The minimum atomic E-state index is -2.37. The van der Waals surface area contributed by atoms with Gasteiger partial charge >= 0.3 is 0 Å². The second-order valence-corrected chi connectivity index (χ2v) is 3.60. The van der Waals surface area contributed by atoms with Crippen LogP contribution in [0.1, 0.15) is 6.92 Å². The van der Waals surface area contributed by atoms with Gasteiger partial charge in [0.2, 0.25) is 5.79 Å². The molecular weight excluding hydrogens is 252 g/mol. The van der Waals surface area contributed by atoms with Crippen LogP contribution in [0.4, 0.5) is 0 Å². The van der Waals surface area contributed by atoms with Gasteiger partial charge in [0.05, 0.1) is 12.6 Å². The number of aliphatic hydroxyl groups is 4. The molecule has 1 fully saturated rings. The van der Waals surface area contributed by atoms with Gasteiger partial charge in [0.1, 0.15) is 18.3 Å². The Morgan fingerprint density at radius 1 is 1.35 bits per heavy atom. The number of hydrogen-bond acceptors (Lipinski definition) is 7. The van der Waals surface area contributed by atoms with Crippen molar-refractivity contribution >= 4 is 64.9 Å². The second-order valence-electron chi connectivity index (χ2n) is 3.60. The van der Waals surface area contributed by atoms with E-state index >= 15 is 0 Å². The van der Waals surface area contributed by atoms with Gasteiger partial charge in [0.15, 0.2) is 5.78 Å². The number of nitrogens with two attached hydrogens (primary N) is 1. The molecule has 0 spiro atoms. The molecule has 1 heterocycles. The summed E-state index contributed by atoms with van der Waals surface area (Å²) < 4.78 is 4.80. The summed E-state index contributed by atoms with van der Waals surface area (Å²) in [7, 11) is 0. The monoisotopic (exact) mass is 267 g/mol. The van der Waals surface area contributed by atoms with Crippen LogP contribution in [-0.4, -0.2) is 122 Å². The molecule has 5 atom stereocenters. The van der Waals surface area contributed by atoms with Gasteiger partial charge in [-0.1, -0.05) is 0 Å². The van der Waals surface area contributed by atoms with E-state index in [1.807, 2.05) is 0 Å². The summed E-state index contributed by atoms with van der Waals surface area (Å²) in [5, 5.41) is 37.4. The van der Waals surface area contributed by atoms with Crippen LogP contribution in [0.3, 0.4) is 0 Å². The first-order chi connectivity index (χ1) is 6.84. The van der Waals surface area contributed by atoms with Gasteiger partial charge in [0, 0.05) is 66.0 Å². The Hall–Kier alpha value is 1.43. The number of carbonyl (C=O) groups excluding carboxylic acids is 1. The zero-order valence-corrected chi connectivity index (χ0v) is 14.2. The predicted octanol–water partition coefficient (Wildman–Crippen LogP) is -4.06. The quantitative estimate of drug-likeness (QED) is 0.321. The molecule has 1 saturated heterocycles. The van der Waals surface area contributed by atoms with Gasteiger partial charge in [-0.05, 0) is 0 Å². The van der Waals surface area contributed by atoms with E-state index in [4.69, 9.17) is 15.6 Å². The second kappa shape index (κ2) is 7.88. The Labute approximate surface area is 143 Å². The molecule has 0 aromatic rings. The molecule has 17 heavy (non-hydrogen) atoms. The molecule has 0 amide bonds. The maximum Gasteiger partial charge on any atom is 0.244 e. The van der Waals surface area contributed by atoms with Crippen molar-refractivity contribution in [1.29, 1.82) is 0 Å². The number of hydrogen-bond donors (Lipinski definition) is 5. The molecule has 1 aliphatic heterocycles. The number of ether oxygens (including phenoxy) is 1. The molecular formula is C8H15NNa2O6. The molecule has 9 heteroatoms. The van der Waals surface area contributed by atoms with Gasteiger partial charge in [-0.15, -0.1) is 0 Å². The van der Waals surface area contributed by atoms with E-state index in [-0.39, 0.29) is 59.1 Å². The fourth-order valence-electron chi connectivity index (χ4n) is 1.51. The average molecular weight is 267 g/mol. The fourth-order valence-corrected chi connectivity index (χ4v) is 1.51. The summed E-state index contributed by atoms with van der Waals surface area (Å²) in [4.78, 5) is 11.1. The molecule has 1 unspecified atom stereocenters. The van der Waals surface area contributed by atoms with Crippen molar-refractivity contribution in [3.8, 4) is 0 Å². The first-order valence-electron chi connectivity index (χ1n) is 4.48. The van der Waals surface area contributed by atoms with Crippen molar-refractivity contribution in [3.05, 3.63) is 0 Å². The summed E-state index contributed by atoms with van der Waals surface area (Å²) in [6.45, 7) is 0.402. The first kappa shape index (κ1) is 20.7. The Balaban J connectivity index is 0. The summed E-state index contributed by atoms with van der Waals surface area (Å²) in [6.07, 6.45) is -4.22. The minimum absolute atomic E-state index is 0. The molecule has 1 rings (SSSR count). The van der Waals surface area contributed by atoms with Crippen LogP contribution in [-0.2, 0) is 9.53 Å². The molecule has 6 N–H and O–H groups in total. The van der Waals surface area contributed by atoms with Crippen LogP contribution in [0.2, 0.25) is 0 Å². The Morgan fingerprint density at radius 2 is 1.82 bits per heavy atom. The molecule has 90 valence electrons. The molecule has 0 aromatic heterocycles. The Kier molecular flexibility index (Phi) is 9.62. The predicted molar refractivity (Wildman–Crippen MR) is 59.1 cm³/mol. The molecule has 2 radical (unpaired) electrons. The van der Waals surface area contributed by atoms with E-state index in [2.05, 4.69) is 0 Å².